The van der Waals surface area contributed by atoms with Crippen LogP contribution >= 0.6 is 11.3 Å². The summed E-state index contributed by atoms with van der Waals surface area (Å²) in [6.07, 6.45) is 1.67. The summed E-state index contributed by atoms with van der Waals surface area (Å²) in [6, 6.07) is 12.2. The van der Waals surface area contributed by atoms with Crippen molar-refractivity contribution in [2.75, 3.05) is 12.4 Å². The van der Waals surface area contributed by atoms with Gasteiger partial charge in [-0.2, -0.15) is 0 Å². The van der Waals surface area contributed by atoms with Gasteiger partial charge in [0.15, 0.2) is 0 Å². The van der Waals surface area contributed by atoms with Crippen LogP contribution in [0.5, 0.6) is 0 Å². The Morgan fingerprint density at radius 3 is 2.78 bits per heavy atom. The summed E-state index contributed by atoms with van der Waals surface area (Å²) in [5.41, 5.74) is 1.69. The molecular weight excluding hydrogens is 366 g/mol. The molecule has 2 amide bonds. The van der Waals surface area contributed by atoms with E-state index in [9.17, 15) is 9.59 Å². The summed E-state index contributed by atoms with van der Waals surface area (Å²) in [5.74, 6) is -0.643. The predicted molar refractivity (Wildman–Crippen MR) is 100 cm³/mol. The molecule has 2 N–H and O–H groups in total. The number of hydrogen-bond acceptors (Lipinski definition) is 7. The Morgan fingerprint density at radius 2 is 2.00 bits per heavy atom. The molecule has 2 aromatic heterocycles. The van der Waals surface area contributed by atoms with E-state index in [0.29, 0.717) is 29.4 Å². The molecule has 8 nitrogen and oxygen atoms in total. The minimum Gasteiger partial charge on any atom is -0.377 e. The maximum Gasteiger partial charge on any atom is 0.286 e. The lowest BCUT2D eigenvalue weighted by molar-refractivity contribution is 0.0949. The number of hydrogen-bond donors (Lipinski definition) is 2. The maximum absolute atomic E-state index is 12.3. The number of amides is 2. The number of carbonyl (C=O) groups is 2. The van der Waals surface area contributed by atoms with Gasteiger partial charge >= 0.3 is 0 Å². The van der Waals surface area contributed by atoms with Gasteiger partial charge in [0.2, 0.25) is 5.01 Å². The van der Waals surface area contributed by atoms with Gasteiger partial charge < -0.3 is 15.4 Å². The van der Waals surface area contributed by atoms with Gasteiger partial charge in [-0.25, -0.2) is 0 Å². The summed E-state index contributed by atoms with van der Waals surface area (Å²) >= 11 is 1.16. The summed E-state index contributed by atoms with van der Waals surface area (Å²) in [4.78, 5) is 28.7. The molecule has 0 aliphatic heterocycles. The fourth-order valence-electron chi connectivity index (χ4n) is 2.23. The quantitative estimate of drug-likeness (QED) is 0.648. The molecule has 0 radical (unpaired) electrons. The summed E-state index contributed by atoms with van der Waals surface area (Å²) < 4.78 is 4.96. The van der Waals surface area contributed by atoms with Gasteiger partial charge in [0, 0.05) is 24.6 Å². The second kappa shape index (κ2) is 8.97. The number of aromatic nitrogens is 3. The second-order valence-electron chi connectivity index (χ2n) is 5.47. The van der Waals surface area contributed by atoms with E-state index in [0.717, 1.165) is 17.0 Å². The smallest absolute Gasteiger partial charge is 0.286 e. The van der Waals surface area contributed by atoms with E-state index in [1.807, 2.05) is 18.2 Å². The fourth-order valence-corrected chi connectivity index (χ4v) is 2.93. The van der Waals surface area contributed by atoms with Crippen molar-refractivity contribution in [1.29, 1.82) is 0 Å². The number of methoxy groups -OCH3 is 1. The van der Waals surface area contributed by atoms with E-state index in [1.165, 1.54) is 0 Å². The van der Waals surface area contributed by atoms with Crippen LogP contribution in [0.2, 0.25) is 0 Å². The number of carbonyl (C=O) groups excluding carboxylic acids is 2. The van der Waals surface area contributed by atoms with Crippen molar-refractivity contribution in [3.63, 3.8) is 0 Å². The number of anilines is 1. The first kappa shape index (κ1) is 18.6. The van der Waals surface area contributed by atoms with E-state index in [4.69, 9.17) is 4.74 Å². The molecule has 0 bridgehead atoms. The van der Waals surface area contributed by atoms with Crippen molar-refractivity contribution in [3.8, 4) is 0 Å². The van der Waals surface area contributed by atoms with E-state index in [1.54, 1.807) is 37.6 Å². The molecule has 0 spiro atoms. The first-order valence-corrected chi connectivity index (χ1v) is 8.88. The molecule has 3 rings (SSSR count). The van der Waals surface area contributed by atoms with Gasteiger partial charge in [-0.3, -0.25) is 14.6 Å². The Labute approximate surface area is 159 Å². The molecule has 0 fully saturated rings. The van der Waals surface area contributed by atoms with Crippen LogP contribution < -0.4 is 10.6 Å². The Kier molecular flexibility index (Phi) is 6.18. The minimum atomic E-state index is -0.388. The van der Waals surface area contributed by atoms with Crippen LogP contribution in [0.3, 0.4) is 0 Å². The Balaban J connectivity index is 1.62. The third-order valence-electron chi connectivity index (χ3n) is 3.47. The zero-order valence-corrected chi connectivity index (χ0v) is 15.3. The minimum absolute atomic E-state index is 0.229. The van der Waals surface area contributed by atoms with Crippen molar-refractivity contribution in [2.24, 2.45) is 0 Å². The van der Waals surface area contributed by atoms with Crippen LogP contribution in [0.4, 0.5) is 5.69 Å². The molecule has 0 aliphatic rings. The lowest BCUT2D eigenvalue weighted by Gasteiger charge is -2.07. The highest BCUT2D eigenvalue weighted by molar-refractivity contribution is 7.13. The lowest BCUT2D eigenvalue weighted by atomic mass is 10.2. The monoisotopic (exact) mass is 383 g/mol. The zero-order valence-electron chi connectivity index (χ0n) is 14.5. The predicted octanol–water partition coefficient (Wildman–Crippen LogP) is 2.26. The van der Waals surface area contributed by atoms with Crippen molar-refractivity contribution in [3.05, 3.63) is 69.9 Å². The van der Waals surface area contributed by atoms with Gasteiger partial charge in [0.25, 0.3) is 11.8 Å². The SMILES string of the molecule is COCc1nnc(C(=O)Nc2cccc(C(=O)NCc3ccccn3)c2)s1. The molecule has 0 saturated heterocycles. The summed E-state index contributed by atoms with van der Waals surface area (Å²) in [5, 5.41) is 14.1. The van der Waals surface area contributed by atoms with E-state index >= 15 is 0 Å². The van der Waals surface area contributed by atoms with E-state index in [-0.39, 0.29) is 16.8 Å². The highest BCUT2D eigenvalue weighted by Gasteiger charge is 2.14. The molecule has 9 heteroatoms. The van der Waals surface area contributed by atoms with E-state index in [2.05, 4.69) is 25.8 Å². The number of rotatable bonds is 7. The standard InChI is InChI=1S/C18H17N5O3S/c1-26-11-15-22-23-18(27-15)17(25)21-13-7-4-5-12(9-13)16(24)20-10-14-6-2-3-8-19-14/h2-9H,10-11H2,1H3,(H,20,24)(H,21,25). The van der Waals surface area contributed by atoms with Gasteiger partial charge in [0.05, 0.1) is 18.8 Å². The van der Waals surface area contributed by atoms with Gasteiger partial charge in [-0.05, 0) is 30.3 Å². The Morgan fingerprint density at radius 1 is 1.11 bits per heavy atom. The first-order chi connectivity index (χ1) is 13.2. The molecule has 3 aromatic rings. The van der Waals surface area contributed by atoms with Crippen molar-refractivity contribution in [2.45, 2.75) is 13.2 Å². The highest BCUT2D eigenvalue weighted by atomic mass is 32.1. The highest BCUT2D eigenvalue weighted by Crippen LogP contribution is 2.15. The van der Waals surface area contributed by atoms with Gasteiger partial charge in [0.1, 0.15) is 5.01 Å². The van der Waals surface area contributed by atoms with Crippen molar-refractivity contribution >= 4 is 28.8 Å². The molecule has 27 heavy (non-hydrogen) atoms. The third kappa shape index (κ3) is 5.16. The second-order valence-corrected chi connectivity index (χ2v) is 6.53. The number of nitrogens with one attached hydrogen (secondary N) is 2. The number of pyridine rings is 1. The zero-order chi connectivity index (χ0) is 19.1. The third-order valence-corrected chi connectivity index (χ3v) is 4.36. The lowest BCUT2D eigenvalue weighted by Crippen LogP contribution is -2.23. The van der Waals surface area contributed by atoms with Crippen molar-refractivity contribution in [1.82, 2.24) is 20.5 Å². The first-order valence-electron chi connectivity index (χ1n) is 8.06. The van der Waals surface area contributed by atoms with Crippen molar-refractivity contribution < 1.29 is 14.3 Å². The maximum atomic E-state index is 12.3. The average Bonchev–Trinajstić information content (AvgIpc) is 3.16. The van der Waals surface area contributed by atoms with Crippen LogP contribution in [0, 0.1) is 0 Å². The topological polar surface area (TPSA) is 106 Å². The molecule has 1 aromatic carbocycles. The van der Waals surface area contributed by atoms with Crippen LogP contribution in [0.1, 0.15) is 30.9 Å². The largest absolute Gasteiger partial charge is 0.377 e. The molecule has 0 atom stereocenters. The van der Waals surface area contributed by atoms with Crippen LogP contribution in [0.15, 0.2) is 48.7 Å². The fraction of sp³-hybridized carbons (Fsp3) is 0.167. The average molecular weight is 383 g/mol. The van der Waals surface area contributed by atoms with Crippen LogP contribution in [0.25, 0.3) is 0 Å². The Hall–Kier alpha value is -3.17. The molecule has 0 aliphatic carbocycles. The number of ether oxygens (including phenoxy) is 1. The molecule has 0 saturated carbocycles. The normalized spacial score (nSPS) is 10.4. The molecule has 138 valence electrons. The summed E-state index contributed by atoms with van der Waals surface area (Å²) in [7, 11) is 1.55. The Bertz CT molecular complexity index is 930. The van der Waals surface area contributed by atoms with Crippen LogP contribution in [-0.2, 0) is 17.9 Å². The molecular formula is C18H17N5O3S. The number of nitrogens with zero attached hydrogens (tertiary/aromatic N) is 3. The summed E-state index contributed by atoms with van der Waals surface area (Å²) in [6.45, 7) is 0.625. The van der Waals surface area contributed by atoms with E-state index < -0.39 is 0 Å². The van der Waals surface area contributed by atoms with Crippen LogP contribution in [-0.4, -0.2) is 34.1 Å². The molecule has 0 unspecified atom stereocenters. The number of benzene rings is 1. The van der Waals surface area contributed by atoms with Gasteiger partial charge in [-0.15, -0.1) is 10.2 Å². The van der Waals surface area contributed by atoms with Gasteiger partial charge in [-0.1, -0.05) is 23.5 Å². The molecule has 2 heterocycles.